The molecule has 0 bridgehead atoms. The molecule has 5 heteroatoms. The van der Waals surface area contributed by atoms with Crippen molar-refractivity contribution in [3.63, 3.8) is 0 Å². The molecule has 5 rings (SSSR count). The molecule has 1 aliphatic heterocycles. The number of carbonyl (C=O) groups is 1. The molecule has 1 heterocycles. The summed E-state index contributed by atoms with van der Waals surface area (Å²) in [6.07, 6.45) is 5.16. The quantitative estimate of drug-likeness (QED) is 0.267. The van der Waals surface area contributed by atoms with E-state index in [1.54, 1.807) is 0 Å². The van der Waals surface area contributed by atoms with Crippen LogP contribution in [0.15, 0.2) is 60.7 Å². The van der Waals surface area contributed by atoms with E-state index in [1.165, 1.54) is 16.8 Å². The van der Waals surface area contributed by atoms with Crippen LogP contribution in [0.2, 0.25) is 5.04 Å². The van der Waals surface area contributed by atoms with Gasteiger partial charge in [-0.05, 0) is 71.7 Å². The lowest BCUT2D eigenvalue weighted by Crippen LogP contribution is -2.66. The number of carbonyl (C=O) groups excluding carboxylic acids is 1. The summed E-state index contributed by atoms with van der Waals surface area (Å²) in [5, 5.41) is 14.0. The van der Waals surface area contributed by atoms with Gasteiger partial charge in [0, 0.05) is 13.0 Å². The number of hydrogen-bond acceptors (Lipinski definition) is 4. The lowest BCUT2D eigenvalue weighted by molar-refractivity contribution is -0.145. The maximum Gasteiger partial charge on any atom is 0.261 e. The van der Waals surface area contributed by atoms with Gasteiger partial charge >= 0.3 is 0 Å². The number of benzene rings is 2. The minimum atomic E-state index is -2.71. The molecular weight excluding hydrogens is 524 g/mol. The van der Waals surface area contributed by atoms with Gasteiger partial charge in [0.05, 0.1) is 17.6 Å². The summed E-state index contributed by atoms with van der Waals surface area (Å²) in [7, 11) is -2.71. The predicted molar refractivity (Wildman–Crippen MR) is 169 cm³/mol. The van der Waals surface area contributed by atoms with Gasteiger partial charge in [-0.3, -0.25) is 4.79 Å². The molecule has 4 nitrogen and oxygen atoms in total. The Morgan fingerprint density at radius 2 is 1.51 bits per heavy atom. The number of Topliss-reactive ketones (excluding diaryl/α,β-unsaturated/α-hetero) is 1. The van der Waals surface area contributed by atoms with Crippen LogP contribution in [0, 0.1) is 22.7 Å². The zero-order chi connectivity index (χ0) is 29.9. The highest BCUT2D eigenvalue weighted by molar-refractivity contribution is 6.99. The molecule has 41 heavy (non-hydrogen) atoms. The summed E-state index contributed by atoms with van der Waals surface area (Å²) in [6.45, 7) is 18.2. The molecule has 2 saturated carbocycles. The molecule has 1 N–H and O–H groups in total. The van der Waals surface area contributed by atoms with Gasteiger partial charge < -0.3 is 14.3 Å². The third kappa shape index (κ3) is 5.30. The lowest BCUT2D eigenvalue weighted by atomic mass is 9.45. The first-order chi connectivity index (χ1) is 19.1. The standard InChI is InChI=1S/C36H52O4Si/c1-32(2,3)41(26-16-11-9-12-17-26,27-18-13-10-14-19-27)39-23-22-34(6,38)25-28(37)31-35(7)21-15-20-33(4,5)29(35)24-30-36(31,8)40-30/h9-14,16-19,29-31,38H,15,20-25H2,1-8H3/t29?,30-,31-,34+,35+,36-/m1/s1. The second-order valence-electron chi connectivity index (χ2n) is 15.8. The van der Waals surface area contributed by atoms with Crippen molar-refractivity contribution in [1.82, 2.24) is 0 Å². The van der Waals surface area contributed by atoms with E-state index in [4.69, 9.17) is 9.16 Å². The molecule has 0 aromatic heterocycles. The van der Waals surface area contributed by atoms with Gasteiger partial charge in [0.2, 0.25) is 0 Å². The monoisotopic (exact) mass is 576 g/mol. The van der Waals surface area contributed by atoms with Crippen molar-refractivity contribution in [1.29, 1.82) is 0 Å². The number of aliphatic hydroxyl groups is 1. The smallest absolute Gasteiger partial charge is 0.261 e. The van der Waals surface area contributed by atoms with Crippen LogP contribution in [0.1, 0.15) is 93.9 Å². The molecule has 3 fully saturated rings. The Morgan fingerprint density at radius 3 is 2.05 bits per heavy atom. The third-order valence-electron chi connectivity index (χ3n) is 11.2. The van der Waals surface area contributed by atoms with Gasteiger partial charge in [-0.1, -0.05) is 109 Å². The molecule has 2 aliphatic carbocycles. The van der Waals surface area contributed by atoms with Gasteiger partial charge in [0.1, 0.15) is 11.4 Å². The molecule has 1 saturated heterocycles. The minimum Gasteiger partial charge on any atom is -0.407 e. The largest absolute Gasteiger partial charge is 0.407 e. The van der Waals surface area contributed by atoms with Crippen LogP contribution in [-0.4, -0.2) is 43.1 Å². The van der Waals surface area contributed by atoms with Crippen molar-refractivity contribution in [2.75, 3.05) is 6.61 Å². The Hall–Kier alpha value is -1.79. The lowest BCUT2D eigenvalue weighted by Gasteiger charge is -2.57. The minimum absolute atomic E-state index is 0.0952. The van der Waals surface area contributed by atoms with E-state index < -0.39 is 19.5 Å². The fourth-order valence-electron chi connectivity index (χ4n) is 9.22. The Bertz CT molecular complexity index is 1190. The Kier molecular flexibility index (Phi) is 7.80. The number of epoxide rings is 1. The maximum absolute atomic E-state index is 14.2. The topological polar surface area (TPSA) is 59.1 Å². The molecule has 0 spiro atoms. The first-order valence-corrected chi connectivity index (χ1v) is 17.7. The zero-order valence-corrected chi connectivity index (χ0v) is 27.6. The molecule has 6 atom stereocenters. The second kappa shape index (κ2) is 10.4. The van der Waals surface area contributed by atoms with E-state index in [9.17, 15) is 9.90 Å². The van der Waals surface area contributed by atoms with Crippen molar-refractivity contribution >= 4 is 24.5 Å². The molecule has 2 aromatic rings. The fraction of sp³-hybridized carbons (Fsp3) is 0.639. The van der Waals surface area contributed by atoms with Crippen LogP contribution in [-0.2, 0) is 14.0 Å². The summed E-state index contributed by atoms with van der Waals surface area (Å²) in [4.78, 5) is 14.2. The van der Waals surface area contributed by atoms with E-state index >= 15 is 0 Å². The van der Waals surface area contributed by atoms with Gasteiger partial charge in [0.15, 0.2) is 0 Å². The molecule has 1 unspecified atom stereocenters. The summed E-state index contributed by atoms with van der Waals surface area (Å²) in [5.74, 6) is 0.444. The number of ether oxygens (including phenoxy) is 1. The first kappa shape index (κ1) is 30.7. The predicted octanol–water partition coefficient (Wildman–Crippen LogP) is 6.67. The van der Waals surface area contributed by atoms with Crippen molar-refractivity contribution in [3.8, 4) is 0 Å². The zero-order valence-electron chi connectivity index (χ0n) is 26.6. The van der Waals surface area contributed by atoms with Gasteiger partial charge in [-0.2, -0.15) is 0 Å². The molecule has 0 radical (unpaired) electrons. The van der Waals surface area contributed by atoms with E-state index in [0.29, 0.717) is 18.9 Å². The highest BCUT2D eigenvalue weighted by Crippen LogP contribution is 2.68. The van der Waals surface area contributed by atoms with Crippen LogP contribution in [0.4, 0.5) is 0 Å². The number of ketones is 1. The Balaban J connectivity index is 1.36. The number of hydrogen-bond donors (Lipinski definition) is 1. The van der Waals surface area contributed by atoms with Crippen LogP contribution >= 0.6 is 0 Å². The van der Waals surface area contributed by atoms with Gasteiger partial charge in [-0.15, -0.1) is 0 Å². The first-order valence-electron chi connectivity index (χ1n) is 15.7. The SMILES string of the molecule is CC1(C)CCC[C@@]2(C)C1C[C@H]1O[C@@]1(C)[C@@H]2C(=O)C[C@@](C)(O)CCO[Si](c1ccccc1)(c1ccccc1)C(C)(C)C. The Labute approximate surface area is 249 Å². The third-order valence-corrected chi connectivity index (χ3v) is 16.2. The second-order valence-corrected chi connectivity index (χ2v) is 20.1. The highest BCUT2D eigenvalue weighted by Gasteiger charge is 2.72. The van der Waals surface area contributed by atoms with Gasteiger partial charge in [0.25, 0.3) is 8.32 Å². The van der Waals surface area contributed by atoms with E-state index in [0.717, 1.165) is 19.3 Å². The number of fused-ring (bicyclic) bond motifs is 2. The van der Waals surface area contributed by atoms with Crippen LogP contribution in [0.5, 0.6) is 0 Å². The average molecular weight is 577 g/mol. The van der Waals surface area contributed by atoms with Crippen molar-refractivity contribution in [2.24, 2.45) is 22.7 Å². The van der Waals surface area contributed by atoms with Crippen LogP contribution < -0.4 is 10.4 Å². The van der Waals surface area contributed by atoms with Crippen molar-refractivity contribution in [3.05, 3.63) is 60.7 Å². The molecule has 3 aliphatic rings. The van der Waals surface area contributed by atoms with E-state index in [1.807, 2.05) is 19.1 Å². The molecular formula is C36H52O4Si. The highest BCUT2D eigenvalue weighted by atomic mass is 28.4. The maximum atomic E-state index is 14.2. The van der Waals surface area contributed by atoms with Crippen molar-refractivity contribution < 1.29 is 19.1 Å². The summed E-state index contributed by atoms with van der Waals surface area (Å²) in [5.41, 5.74) is -1.44. The van der Waals surface area contributed by atoms with Crippen LogP contribution in [0.3, 0.4) is 0 Å². The van der Waals surface area contributed by atoms with Gasteiger partial charge in [-0.25, -0.2) is 0 Å². The average Bonchev–Trinajstić information content (AvgIpc) is 3.55. The summed E-state index contributed by atoms with van der Waals surface area (Å²) >= 11 is 0. The summed E-state index contributed by atoms with van der Waals surface area (Å²) < 4.78 is 13.4. The van der Waals surface area contributed by atoms with Crippen molar-refractivity contribution in [2.45, 2.75) is 116 Å². The Morgan fingerprint density at radius 1 is 0.951 bits per heavy atom. The molecule has 2 aromatic carbocycles. The van der Waals surface area contributed by atoms with E-state index in [2.05, 4.69) is 97.0 Å². The van der Waals surface area contributed by atoms with E-state index in [-0.39, 0.29) is 40.1 Å². The normalized spacial score (nSPS) is 32.4. The molecule has 0 amide bonds. The fourth-order valence-corrected chi connectivity index (χ4v) is 13.8. The number of rotatable bonds is 9. The summed E-state index contributed by atoms with van der Waals surface area (Å²) in [6, 6.07) is 21.2. The van der Waals surface area contributed by atoms with Crippen LogP contribution in [0.25, 0.3) is 0 Å². The molecule has 224 valence electrons.